The van der Waals surface area contributed by atoms with Crippen molar-refractivity contribution < 1.29 is 24.2 Å². The summed E-state index contributed by atoms with van der Waals surface area (Å²) >= 11 is 0. The van der Waals surface area contributed by atoms with Crippen molar-refractivity contribution in [3.63, 3.8) is 0 Å². The van der Waals surface area contributed by atoms with Crippen LogP contribution >= 0.6 is 0 Å². The topological polar surface area (TPSA) is 105 Å². The molecule has 0 spiro atoms. The van der Waals surface area contributed by atoms with Crippen LogP contribution in [0.3, 0.4) is 0 Å². The third-order valence-corrected chi connectivity index (χ3v) is 6.02. The zero-order chi connectivity index (χ0) is 24.1. The highest BCUT2D eigenvalue weighted by Crippen LogP contribution is 2.44. The number of alkyl carbamates (subject to hydrolysis) is 1. The fraction of sp³-hybridized carbons (Fsp3) is 0.222. The van der Waals surface area contributed by atoms with Gasteiger partial charge in [0.25, 0.3) is 0 Å². The van der Waals surface area contributed by atoms with E-state index >= 15 is 0 Å². The molecule has 34 heavy (non-hydrogen) atoms. The van der Waals surface area contributed by atoms with E-state index in [1.54, 1.807) is 37.3 Å². The molecule has 0 fully saturated rings. The first kappa shape index (κ1) is 23.0. The maximum atomic E-state index is 12.9. The summed E-state index contributed by atoms with van der Waals surface area (Å²) < 4.78 is 5.57. The molecule has 0 aliphatic heterocycles. The van der Waals surface area contributed by atoms with Gasteiger partial charge in [-0.25, -0.2) is 9.59 Å². The molecule has 0 bridgehead atoms. The molecule has 7 nitrogen and oxygen atoms in total. The Hall–Kier alpha value is -4.13. The second-order valence-corrected chi connectivity index (χ2v) is 8.12. The fourth-order valence-electron chi connectivity index (χ4n) is 4.30. The monoisotopic (exact) mass is 458 g/mol. The van der Waals surface area contributed by atoms with Gasteiger partial charge in [-0.05, 0) is 34.2 Å². The summed E-state index contributed by atoms with van der Waals surface area (Å²) in [4.78, 5) is 37.0. The second-order valence-electron chi connectivity index (χ2n) is 8.12. The third kappa shape index (κ3) is 4.78. The van der Waals surface area contributed by atoms with Crippen LogP contribution in [0.4, 0.5) is 4.79 Å². The Morgan fingerprint density at radius 1 is 0.853 bits per heavy atom. The van der Waals surface area contributed by atoms with Crippen molar-refractivity contribution in [3.8, 4) is 11.1 Å². The molecule has 3 aromatic rings. The summed E-state index contributed by atoms with van der Waals surface area (Å²) in [6.07, 6.45) is -0.540. The van der Waals surface area contributed by atoms with E-state index in [-0.39, 0.29) is 18.9 Å². The smallest absolute Gasteiger partial charge is 0.408 e. The molecule has 0 aromatic heterocycles. The van der Waals surface area contributed by atoms with Crippen molar-refractivity contribution in [3.05, 3.63) is 95.6 Å². The lowest BCUT2D eigenvalue weighted by molar-refractivity contribution is -0.142. The van der Waals surface area contributed by atoms with Crippen LogP contribution in [0.1, 0.15) is 42.0 Å². The summed E-state index contributed by atoms with van der Waals surface area (Å²) in [5.74, 6) is -1.86. The molecule has 3 aromatic carbocycles. The highest BCUT2D eigenvalue weighted by Gasteiger charge is 2.31. The predicted octanol–water partition coefficient (Wildman–Crippen LogP) is 4.25. The third-order valence-electron chi connectivity index (χ3n) is 6.02. The summed E-state index contributed by atoms with van der Waals surface area (Å²) in [6.45, 7) is 1.77. The number of carboxylic acid groups (broad SMARTS) is 1. The fourth-order valence-corrected chi connectivity index (χ4v) is 4.30. The number of aliphatic carboxylic acids is 1. The summed E-state index contributed by atoms with van der Waals surface area (Å²) in [7, 11) is 0. The molecular formula is C27H26N2O5. The second kappa shape index (κ2) is 10.2. The van der Waals surface area contributed by atoms with Gasteiger partial charge in [-0.15, -0.1) is 0 Å². The van der Waals surface area contributed by atoms with E-state index in [1.165, 1.54) is 0 Å². The Kier molecular flexibility index (Phi) is 6.92. The SMILES string of the molecule is CCC(NC(=O)[C@H](NC(=O)OCC1c2ccccc2-c2ccccc21)c1ccccc1)C(=O)O. The molecule has 1 aliphatic rings. The van der Waals surface area contributed by atoms with Crippen LogP contribution in [0.5, 0.6) is 0 Å². The maximum Gasteiger partial charge on any atom is 0.408 e. The molecule has 7 heteroatoms. The summed E-state index contributed by atoms with van der Waals surface area (Å²) in [6, 6.07) is 22.5. The van der Waals surface area contributed by atoms with Crippen molar-refractivity contribution in [2.75, 3.05) is 6.61 Å². The molecule has 1 aliphatic carbocycles. The number of carbonyl (C=O) groups excluding carboxylic acids is 2. The molecule has 2 atom stereocenters. The van der Waals surface area contributed by atoms with E-state index in [2.05, 4.69) is 22.8 Å². The van der Waals surface area contributed by atoms with Crippen molar-refractivity contribution in [1.82, 2.24) is 10.6 Å². The first-order valence-corrected chi connectivity index (χ1v) is 11.2. The Bertz CT molecular complexity index is 1150. The van der Waals surface area contributed by atoms with E-state index in [4.69, 9.17) is 4.74 Å². The Morgan fingerprint density at radius 2 is 1.41 bits per heavy atom. The lowest BCUT2D eigenvalue weighted by atomic mass is 9.98. The van der Waals surface area contributed by atoms with E-state index in [0.717, 1.165) is 22.3 Å². The lowest BCUT2D eigenvalue weighted by Gasteiger charge is -2.22. The minimum Gasteiger partial charge on any atom is -0.480 e. The quantitative estimate of drug-likeness (QED) is 0.468. The largest absolute Gasteiger partial charge is 0.480 e. The molecule has 0 saturated carbocycles. The van der Waals surface area contributed by atoms with Gasteiger partial charge < -0.3 is 20.5 Å². The number of fused-ring (bicyclic) bond motifs is 3. The van der Waals surface area contributed by atoms with Gasteiger partial charge in [0.1, 0.15) is 18.7 Å². The van der Waals surface area contributed by atoms with E-state index < -0.39 is 30.1 Å². The molecule has 2 amide bonds. The van der Waals surface area contributed by atoms with Crippen LogP contribution in [0, 0.1) is 0 Å². The normalized spacial score (nSPS) is 13.8. The Morgan fingerprint density at radius 3 is 1.97 bits per heavy atom. The van der Waals surface area contributed by atoms with Gasteiger partial charge in [-0.3, -0.25) is 4.79 Å². The van der Waals surface area contributed by atoms with Crippen LogP contribution < -0.4 is 10.6 Å². The van der Waals surface area contributed by atoms with Crippen LogP contribution in [0.15, 0.2) is 78.9 Å². The molecule has 0 heterocycles. The van der Waals surface area contributed by atoms with Gasteiger partial charge in [-0.2, -0.15) is 0 Å². The molecule has 0 saturated heterocycles. The van der Waals surface area contributed by atoms with Crippen LogP contribution in [0.25, 0.3) is 11.1 Å². The van der Waals surface area contributed by atoms with Crippen LogP contribution in [-0.2, 0) is 14.3 Å². The zero-order valence-electron chi connectivity index (χ0n) is 18.7. The van der Waals surface area contributed by atoms with Gasteiger partial charge in [-0.1, -0.05) is 85.8 Å². The standard InChI is InChI=1S/C27H26N2O5/c1-2-23(26(31)32)28-25(30)24(17-10-4-3-5-11-17)29-27(33)34-16-22-20-14-8-6-12-18(20)19-13-7-9-15-21(19)22/h3-15,22-24H,2,16H2,1H3,(H,28,30)(H,29,33)(H,31,32)/t23?,24-/m1/s1. The Balaban J connectivity index is 1.48. The van der Waals surface area contributed by atoms with Crippen molar-refractivity contribution >= 4 is 18.0 Å². The van der Waals surface area contributed by atoms with E-state index in [0.29, 0.717) is 5.56 Å². The highest BCUT2D eigenvalue weighted by atomic mass is 16.5. The highest BCUT2D eigenvalue weighted by molar-refractivity contribution is 5.90. The van der Waals surface area contributed by atoms with E-state index in [9.17, 15) is 19.5 Å². The van der Waals surface area contributed by atoms with Crippen LogP contribution in [-0.4, -0.2) is 35.7 Å². The number of amides is 2. The molecule has 174 valence electrons. The summed E-state index contributed by atoms with van der Waals surface area (Å²) in [5, 5.41) is 14.4. The van der Waals surface area contributed by atoms with Gasteiger partial charge in [0.2, 0.25) is 5.91 Å². The Labute approximate surface area is 197 Å². The van der Waals surface area contributed by atoms with Gasteiger partial charge in [0, 0.05) is 5.92 Å². The number of ether oxygens (including phenoxy) is 1. The van der Waals surface area contributed by atoms with Gasteiger partial charge in [0.05, 0.1) is 0 Å². The number of benzene rings is 3. The average Bonchev–Trinajstić information content (AvgIpc) is 3.18. The average molecular weight is 459 g/mol. The number of nitrogens with one attached hydrogen (secondary N) is 2. The first-order valence-electron chi connectivity index (χ1n) is 11.2. The van der Waals surface area contributed by atoms with Crippen molar-refractivity contribution in [2.24, 2.45) is 0 Å². The van der Waals surface area contributed by atoms with Crippen molar-refractivity contribution in [1.29, 1.82) is 0 Å². The van der Waals surface area contributed by atoms with Crippen LogP contribution in [0.2, 0.25) is 0 Å². The number of carbonyl (C=O) groups is 3. The predicted molar refractivity (Wildman–Crippen MR) is 127 cm³/mol. The number of hydrogen-bond acceptors (Lipinski definition) is 4. The minimum absolute atomic E-state index is 0.107. The number of hydrogen-bond donors (Lipinski definition) is 3. The molecule has 0 radical (unpaired) electrons. The molecule has 3 N–H and O–H groups in total. The maximum absolute atomic E-state index is 12.9. The number of carboxylic acids is 1. The molecule has 4 rings (SSSR count). The first-order chi connectivity index (χ1) is 16.5. The summed E-state index contributed by atoms with van der Waals surface area (Å²) in [5.41, 5.74) is 4.93. The zero-order valence-corrected chi connectivity index (χ0v) is 18.7. The minimum atomic E-state index is -1.14. The van der Waals surface area contributed by atoms with E-state index in [1.807, 2.05) is 36.4 Å². The van der Waals surface area contributed by atoms with Gasteiger partial charge in [0.15, 0.2) is 0 Å². The molecule has 1 unspecified atom stereocenters. The van der Waals surface area contributed by atoms with Crippen molar-refractivity contribution in [2.45, 2.75) is 31.3 Å². The number of rotatable bonds is 8. The van der Waals surface area contributed by atoms with Gasteiger partial charge >= 0.3 is 12.1 Å². The molecular weight excluding hydrogens is 432 g/mol. The lowest BCUT2D eigenvalue weighted by Crippen LogP contribution is -2.47.